The molecule has 0 saturated heterocycles. The molecule has 7 nitrogen and oxygen atoms in total. The maximum atomic E-state index is 13.0. The molecule has 1 unspecified atom stereocenters. The van der Waals surface area contributed by atoms with E-state index in [0.29, 0.717) is 16.9 Å². The van der Waals surface area contributed by atoms with Crippen LogP contribution in [0.3, 0.4) is 0 Å². The fourth-order valence-corrected chi connectivity index (χ4v) is 2.93. The molecule has 3 aromatic rings. The molecule has 0 radical (unpaired) electrons. The van der Waals surface area contributed by atoms with Crippen molar-refractivity contribution in [3.8, 4) is 11.4 Å². The predicted molar refractivity (Wildman–Crippen MR) is 98.2 cm³/mol. The van der Waals surface area contributed by atoms with Crippen LogP contribution in [0.25, 0.3) is 17.0 Å². The smallest absolute Gasteiger partial charge is 0.331 e. The van der Waals surface area contributed by atoms with Crippen molar-refractivity contribution in [2.45, 2.75) is 37.4 Å². The number of fused-ring (bicyclic) bond motifs is 1. The molecule has 146 valence electrons. The van der Waals surface area contributed by atoms with Crippen LogP contribution in [0.2, 0.25) is 0 Å². The molecular formula is C16H18ClF2N5O2S. The maximum absolute atomic E-state index is 13.0. The third-order valence-corrected chi connectivity index (χ3v) is 7.10. The van der Waals surface area contributed by atoms with E-state index in [1.165, 1.54) is 0 Å². The molecule has 0 amide bonds. The van der Waals surface area contributed by atoms with Gasteiger partial charge < -0.3 is 8.92 Å². The van der Waals surface area contributed by atoms with Crippen molar-refractivity contribution in [2.75, 3.05) is 6.26 Å². The van der Waals surface area contributed by atoms with Crippen LogP contribution >= 0.6 is 11.6 Å². The van der Waals surface area contributed by atoms with Crippen LogP contribution in [0.4, 0.5) is 8.78 Å². The second-order valence-corrected chi connectivity index (χ2v) is 10.6. The monoisotopic (exact) mass is 417 g/mol. The van der Waals surface area contributed by atoms with Crippen LogP contribution in [0, 0.1) is 0 Å². The van der Waals surface area contributed by atoms with Gasteiger partial charge in [0.25, 0.3) is 0 Å². The van der Waals surface area contributed by atoms with Crippen LogP contribution in [0.5, 0.6) is 0 Å². The summed E-state index contributed by atoms with van der Waals surface area (Å²) < 4.78 is 48.8. The van der Waals surface area contributed by atoms with Gasteiger partial charge in [0.1, 0.15) is 5.65 Å². The van der Waals surface area contributed by atoms with E-state index in [1.807, 2.05) is 20.8 Å². The average Bonchev–Trinajstić information content (AvgIpc) is 3.17. The molecule has 3 aromatic heterocycles. The summed E-state index contributed by atoms with van der Waals surface area (Å²) >= 11 is 4.88. The van der Waals surface area contributed by atoms with Crippen molar-refractivity contribution < 1.29 is 17.5 Å². The van der Waals surface area contributed by atoms with E-state index in [9.17, 15) is 13.0 Å². The SMILES string of the molecule is CC(C)(C)S(C)(=O)=NCc1cn2ccc(-c3noc(C(F)(F)Cl)n3)cc2n1. The minimum absolute atomic E-state index is 0.0219. The number of pyridine rings is 1. The van der Waals surface area contributed by atoms with Gasteiger partial charge in [-0.25, -0.2) is 13.6 Å². The summed E-state index contributed by atoms with van der Waals surface area (Å²) in [6, 6.07) is 3.26. The van der Waals surface area contributed by atoms with E-state index in [2.05, 4.69) is 24.0 Å². The molecule has 11 heteroatoms. The Hall–Kier alpha value is -2.07. The van der Waals surface area contributed by atoms with Crippen LogP contribution in [0.15, 0.2) is 33.4 Å². The highest BCUT2D eigenvalue weighted by Gasteiger charge is 2.35. The number of rotatable bonds is 4. The molecule has 0 aliphatic carbocycles. The zero-order valence-corrected chi connectivity index (χ0v) is 16.7. The van der Waals surface area contributed by atoms with Crippen LogP contribution in [-0.2, 0) is 21.7 Å². The van der Waals surface area contributed by atoms with Gasteiger partial charge in [-0.15, -0.1) is 0 Å². The fourth-order valence-electron chi connectivity index (χ4n) is 2.09. The number of hydrogen-bond acceptors (Lipinski definition) is 6. The Bertz CT molecular complexity index is 1100. The third kappa shape index (κ3) is 4.11. The van der Waals surface area contributed by atoms with Gasteiger partial charge in [0.15, 0.2) is 0 Å². The first-order chi connectivity index (χ1) is 12.4. The highest BCUT2D eigenvalue weighted by atomic mass is 35.5. The molecule has 3 rings (SSSR count). The summed E-state index contributed by atoms with van der Waals surface area (Å²) in [6.45, 7) is 5.82. The second-order valence-electron chi connectivity index (χ2n) is 7.04. The molecule has 0 spiro atoms. The summed E-state index contributed by atoms with van der Waals surface area (Å²) in [5.41, 5.74) is 1.62. The minimum Gasteiger partial charge on any atom is -0.331 e. The summed E-state index contributed by atoms with van der Waals surface area (Å²) in [5, 5.41) is -0.206. The van der Waals surface area contributed by atoms with Gasteiger partial charge in [0.2, 0.25) is 5.82 Å². The van der Waals surface area contributed by atoms with Crippen LogP contribution < -0.4 is 0 Å². The largest absolute Gasteiger partial charge is 0.400 e. The molecule has 3 heterocycles. The van der Waals surface area contributed by atoms with E-state index < -0.39 is 25.7 Å². The fraction of sp³-hybridized carbons (Fsp3) is 0.438. The van der Waals surface area contributed by atoms with Gasteiger partial charge in [-0.3, -0.25) is 0 Å². The Balaban J connectivity index is 1.91. The van der Waals surface area contributed by atoms with Crippen molar-refractivity contribution in [2.24, 2.45) is 4.36 Å². The Morgan fingerprint density at radius 3 is 2.63 bits per heavy atom. The lowest BCUT2D eigenvalue weighted by molar-refractivity contribution is 0.0551. The van der Waals surface area contributed by atoms with Crippen molar-refractivity contribution in [3.63, 3.8) is 0 Å². The summed E-state index contributed by atoms with van der Waals surface area (Å²) in [5.74, 6) is -0.992. The summed E-state index contributed by atoms with van der Waals surface area (Å²) in [4.78, 5) is 8.03. The Kier molecular flexibility index (Phi) is 4.75. The highest BCUT2D eigenvalue weighted by Crippen LogP contribution is 2.32. The first kappa shape index (κ1) is 19.7. The van der Waals surface area contributed by atoms with Crippen molar-refractivity contribution in [1.82, 2.24) is 19.5 Å². The zero-order valence-electron chi connectivity index (χ0n) is 15.1. The molecule has 27 heavy (non-hydrogen) atoms. The number of hydrogen-bond donors (Lipinski definition) is 0. The molecule has 0 aromatic carbocycles. The van der Waals surface area contributed by atoms with Crippen LogP contribution in [0.1, 0.15) is 32.4 Å². The quantitative estimate of drug-likeness (QED) is 0.597. The van der Waals surface area contributed by atoms with Crippen molar-refractivity contribution in [1.29, 1.82) is 0 Å². The first-order valence-corrected chi connectivity index (χ1v) is 10.2. The number of alkyl halides is 3. The van der Waals surface area contributed by atoms with Crippen LogP contribution in [-0.4, -0.2) is 34.7 Å². The highest BCUT2D eigenvalue weighted by molar-refractivity contribution is 7.94. The topological polar surface area (TPSA) is 85.7 Å². The molecule has 1 atom stereocenters. The van der Waals surface area contributed by atoms with Gasteiger partial charge in [0, 0.05) is 38.7 Å². The summed E-state index contributed by atoms with van der Waals surface area (Å²) in [6.07, 6.45) is 5.07. The Morgan fingerprint density at radius 1 is 1.33 bits per heavy atom. The van der Waals surface area contributed by atoms with Gasteiger partial charge in [-0.1, -0.05) is 5.16 Å². The van der Waals surface area contributed by atoms with E-state index >= 15 is 0 Å². The van der Waals surface area contributed by atoms with Crippen molar-refractivity contribution in [3.05, 3.63) is 36.1 Å². The second kappa shape index (κ2) is 6.52. The molecule has 0 aliphatic rings. The van der Waals surface area contributed by atoms with Crippen molar-refractivity contribution >= 4 is 27.0 Å². The van der Waals surface area contributed by atoms with Gasteiger partial charge >= 0.3 is 11.3 Å². The third-order valence-electron chi connectivity index (χ3n) is 4.05. The maximum Gasteiger partial charge on any atom is 0.400 e. The molecule has 0 saturated carbocycles. The number of nitrogens with zero attached hydrogens (tertiary/aromatic N) is 5. The lowest BCUT2D eigenvalue weighted by Crippen LogP contribution is -2.26. The van der Waals surface area contributed by atoms with E-state index in [4.69, 9.17) is 11.6 Å². The van der Waals surface area contributed by atoms with E-state index in [-0.39, 0.29) is 12.4 Å². The van der Waals surface area contributed by atoms with E-state index in [1.54, 1.807) is 35.2 Å². The summed E-state index contributed by atoms with van der Waals surface area (Å²) in [7, 11) is -2.39. The van der Waals surface area contributed by atoms with E-state index in [0.717, 1.165) is 0 Å². The first-order valence-electron chi connectivity index (χ1n) is 7.93. The molecular weight excluding hydrogens is 400 g/mol. The number of imidazole rings is 1. The molecule has 0 bridgehead atoms. The lowest BCUT2D eigenvalue weighted by Gasteiger charge is -2.20. The van der Waals surface area contributed by atoms with Gasteiger partial charge in [-0.2, -0.15) is 13.8 Å². The minimum atomic E-state index is -3.72. The Morgan fingerprint density at radius 2 is 2.04 bits per heavy atom. The number of aromatic nitrogens is 4. The van der Waals surface area contributed by atoms with Gasteiger partial charge in [-0.05, 0) is 44.5 Å². The lowest BCUT2D eigenvalue weighted by atomic mass is 10.2. The predicted octanol–water partition coefficient (Wildman–Crippen LogP) is 4.07. The average molecular weight is 418 g/mol. The normalized spacial score (nSPS) is 15.1. The standard InChI is InChI=1S/C16H18ClF2N5O2S/c1-15(2,3)27(4,25)20-8-11-9-24-6-5-10(7-12(24)21-11)13-22-14(26-23-13)16(17,18)19/h5-7,9H,8H2,1-4H3. The molecule has 0 N–H and O–H groups in total. The Labute approximate surface area is 159 Å². The zero-order chi connectivity index (χ0) is 20.0. The molecule has 0 aliphatic heterocycles. The van der Waals surface area contributed by atoms with Gasteiger partial charge in [0.05, 0.1) is 12.2 Å². The molecule has 0 fully saturated rings. The number of halogens is 3.